The van der Waals surface area contributed by atoms with Gasteiger partial charge in [0.25, 0.3) is 5.56 Å². The second kappa shape index (κ2) is 5.27. The van der Waals surface area contributed by atoms with Crippen LogP contribution in [0, 0.1) is 0 Å². The smallest absolute Gasteiger partial charge is 0.269 e. The van der Waals surface area contributed by atoms with Gasteiger partial charge < -0.3 is 10.6 Å². The Bertz CT molecular complexity index is 653. The highest BCUT2D eigenvalue weighted by Crippen LogP contribution is 2.15. The normalized spacial score (nSPS) is 10.5. The Morgan fingerprint density at radius 1 is 1.42 bits per heavy atom. The molecule has 0 aliphatic carbocycles. The molecule has 2 aromatic heterocycles. The number of hydrogen-bond acceptors (Lipinski definition) is 5. The molecule has 0 unspecified atom stereocenters. The quantitative estimate of drug-likeness (QED) is 0.906. The molecule has 2 aromatic rings. The van der Waals surface area contributed by atoms with Gasteiger partial charge in [-0.3, -0.25) is 4.79 Å². The largest absolute Gasteiger partial charge is 0.384 e. The standard InChI is InChI=1S/C12H14ClN5O/c1-17(2)8-5-12(19)18(15-6-8)7-10-9(13)3-4-11(14)16-10/h3-6H,7H2,1-2H3,(H2,14,16). The summed E-state index contributed by atoms with van der Waals surface area (Å²) in [6, 6.07) is 4.77. The topological polar surface area (TPSA) is 77.0 Å². The number of hydrogen-bond donors (Lipinski definition) is 1. The van der Waals surface area contributed by atoms with Crippen molar-refractivity contribution in [3.05, 3.63) is 45.5 Å². The van der Waals surface area contributed by atoms with Crippen LogP contribution in [0.5, 0.6) is 0 Å². The van der Waals surface area contributed by atoms with E-state index < -0.39 is 0 Å². The molecule has 2 heterocycles. The van der Waals surface area contributed by atoms with Gasteiger partial charge in [0.15, 0.2) is 0 Å². The summed E-state index contributed by atoms with van der Waals surface area (Å²) < 4.78 is 1.29. The first kappa shape index (κ1) is 13.4. The van der Waals surface area contributed by atoms with E-state index in [0.717, 1.165) is 5.69 Å². The lowest BCUT2D eigenvalue weighted by Crippen LogP contribution is -2.25. The van der Waals surface area contributed by atoms with E-state index in [1.165, 1.54) is 10.7 Å². The summed E-state index contributed by atoms with van der Waals surface area (Å²) in [5.41, 5.74) is 6.65. The van der Waals surface area contributed by atoms with Crippen LogP contribution in [0.15, 0.2) is 29.2 Å². The van der Waals surface area contributed by atoms with Gasteiger partial charge in [0, 0.05) is 20.2 Å². The van der Waals surface area contributed by atoms with Crippen molar-refractivity contribution in [2.45, 2.75) is 6.54 Å². The molecule has 100 valence electrons. The first-order valence-electron chi connectivity index (χ1n) is 5.63. The van der Waals surface area contributed by atoms with Crippen LogP contribution in [0.3, 0.4) is 0 Å². The van der Waals surface area contributed by atoms with Gasteiger partial charge in [0.05, 0.1) is 29.1 Å². The molecule has 0 radical (unpaired) electrons. The van der Waals surface area contributed by atoms with Crippen molar-refractivity contribution in [3.63, 3.8) is 0 Å². The molecule has 2 N–H and O–H groups in total. The van der Waals surface area contributed by atoms with E-state index in [0.29, 0.717) is 16.5 Å². The first-order valence-corrected chi connectivity index (χ1v) is 6.00. The predicted molar refractivity (Wildman–Crippen MR) is 75.6 cm³/mol. The number of pyridine rings is 1. The molecule has 2 rings (SSSR count). The second-order valence-corrected chi connectivity index (χ2v) is 4.68. The van der Waals surface area contributed by atoms with Crippen LogP contribution in [-0.4, -0.2) is 28.9 Å². The van der Waals surface area contributed by atoms with E-state index in [1.54, 1.807) is 18.3 Å². The lowest BCUT2D eigenvalue weighted by Gasteiger charge is -2.12. The van der Waals surface area contributed by atoms with Crippen molar-refractivity contribution in [1.82, 2.24) is 14.8 Å². The average molecular weight is 280 g/mol. The average Bonchev–Trinajstić information content (AvgIpc) is 2.36. The van der Waals surface area contributed by atoms with E-state index in [2.05, 4.69) is 10.1 Å². The monoisotopic (exact) mass is 279 g/mol. The van der Waals surface area contributed by atoms with Crippen LogP contribution in [0.4, 0.5) is 11.5 Å². The van der Waals surface area contributed by atoms with Crippen molar-refractivity contribution in [3.8, 4) is 0 Å². The molecule has 0 amide bonds. The van der Waals surface area contributed by atoms with Gasteiger partial charge in [-0.1, -0.05) is 11.6 Å². The maximum absolute atomic E-state index is 11.9. The Hall–Kier alpha value is -2.08. The van der Waals surface area contributed by atoms with Crippen molar-refractivity contribution < 1.29 is 0 Å². The van der Waals surface area contributed by atoms with E-state index >= 15 is 0 Å². The summed E-state index contributed by atoms with van der Waals surface area (Å²) in [7, 11) is 3.69. The van der Waals surface area contributed by atoms with Gasteiger partial charge in [-0.05, 0) is 12.1 Å². The Labute approximate surface area is 115 Å². The van der Waals surface area contributed by atoms with E-state index in [9.17, 15) is 4.79 Å². The van der Waals surface area contributed by atoms with Crippen LogP contribution in [0.2, 0.25) is 5.02 Å². The zero-order valence-corrected chi connectivity index (χ0v) is 11.4. The van der Waals surface area contributed by atoms with Crippen molar-refractivity contribution >= 4 is 23.1 Å². The van der Waals surface area contributed by atoms with Crippen molar-refractivity contribution in [2.24, 2.45) is 0 Å². The number of rotatable bonds is 3. The molecule has 0 aliphatic rings. The Balaban J connectivity index is 2.34. The van der Waals surface area contributed by atoms with E-state index in [4.69, 9.17) is 17.3 Å². The van der Waals surface area contributed by atoms with Crippen molar-refractivity contribution in [2.75, 3.05) is 24.7 Å². The molecule has 0 aliphatic heterocycles. The van der Waals surface area contributed by atoms with Crippen LogP contribution in [0.1, 0.15) is 5.69 Å². The molecule has 0 saturated heterocycles. The van der Waals surface area contributed by atoms with Crippen LogP contribution >= 0.6 is 11.6 Å². The molecule has 6 nitrogen and oxygen atoms in total. The summed E-state index contributed by atoms with van der Waals surface area (Å²) in [6.45, 7) is 0.191. The zero-order valence-electron chi connectivity index (χ0n) is 10.7. The fourth-order valence-electron chi connectivity index (χ4n) is 1.54. The number of anilines is 2. The van der Waals surface area contributed by atoms with Gasteiger partial charge >= 0.3 is 0 Å². The fraction of sp³-hybridized carbons (Fsp3) is 0.250. The highest BCUT2D eigenvalue weighted by atomic mass is 35.5. The summed E-state index contributed by atoms with van der Waals surface area (Å²) in [4.78, 5) is 17.8. The molecule has 0 spiro atoms. The third-order valence-corrected chi connectivity index (χ3v) is 2.96. The van der Waals surface area contributed by atoms with Gasteiger partial charge in [0.2, 0.25) is 0 Å². The lowest BCUT2D eigenvalue weighted by atomic mass is 10.3. The number of halogens is 1. The van der Waals surface area contributed by atoms with Gasteiger partial charge in [-0.15, -0.1) is 0 Å². The molecular weight excluding hydrogens is 266 g/mol. The fourth-order valence-corrected chi connectivity index (χ4v) is 1.71. The van der Waals surface area contributed by atoms with Gasteiger partial charge in [-0.2, -0.15) is 5.10 Å². The minimum absolute atomic E-state index is 0.191. The third-order valence-electron chi connectivity index (χ3n) is 2.61. The summed E-state index contributed by atoms with van der Waals surface area (Å²) >= 11 is 6.01. The van der Waals surface area contributed by atoms with Gasteiger partial charge in [-0.25, -0.2) is 9.67 Å². The number of aromatic nitrogens is 3. The molecule has 19 heavy (non-hydrogen) atoms. The van der Waals surface area contributed by atoms with Gasteiger partial charge in [0.1, 0.15) is 5.82 Å². The van der Waals surface area contributed by atoms with Crippen molar-refractivity contribution in [1.29, 1.82) is 0 Å². The zero-order chi connectivity index (χ0) is 14.0. The van der Waals surface area contributed by atoms with Crippen LogP contribution in [0.25, 0.3) is 0 Å². The molecule has 0 bridgehead atoms. The maximum atomic E-state index is 11.9. The summed E-state index contributed by atoms with van der Waals surface area (Å²) in [5.74, 6) is 0.359. The molecule has 0 atom stereocenters. The second-order valence-electron chi connectivity index (χ2n) is 4.27. The molecule has 0 saturated carbocycles. The predicted octanol–water partition coefficient (Wildman–Crippen LogP) is 0.988. The SMILES string of the molecule is CN(C)c1cnn(Cc2nc(N)ccc2Cl)c(=O)c1. The number of nitrogen functional groups attached to an aromatic ring is 1. The maximum Gasteiger partial charge on any atom is 0.269 e. The summed E-state index contributed by atoms with van der Waals surface area (Å²) in [5, 5.41) is 4.55. The molecular formula is C12H14ClN5O. The number of nitrogens with two attached hydrogens (primary N) is 1. The minimum Gasteiger partial charge on any atom is -0.384 e. The Morgan fingerprint density at radius 3 is 2.79 bits per heavy atom. The van der Waals surface area contributed by atoms with Crippen LogP contribution in [-0.2, 0) is 6.54 Å². The lowest BCUT2D eigenvalue weighted by molar-refractivity contribution is 0.628. The minimum atomic E-state index is -0.216. The third kappa shape index (κ3) is 3.03. The number of nitrogens with zero attached hydrogens (tertiary/aromatic N) is 4. The van der Waals surface area contributed by atoms with E-state index in [1.807, 2.05) is 19.0 Å². The molecule has 7 heteroatoms. The summed E-state index contributed by atoms with van der Waals surface area (Å²) in [6.07, 6.45) is 1.61. The highest BCUT2D eigenvalue weighted by Gasteiger charge is 2.07. The van der Waals surface area contributed by atoms with Crippen LogP contribution < -0.4 is 16.2 Å². The molecule has 0 aromatic carbocycles. The highest BCUT2D eigenvalue weighted by molar-refractivity contribution is 6.31. The Morgan fingerprint density at radius 2 is 2.16 bits per heavy atom. The molecule has 0 fully saturated rings. The van der Waals surface area contributed by atoms with E-state index in [-0.39, 0.29) is 12.1 Å². The first-order chi connectivity index (χ1) is 8.97. The Kier molecular flexibility index (Phi) is 3.71.